The van der Waals surface area contributed by atoms with E-state index in [9.17, 15) is 29.1 Å². The van der Waals surface area contributed by atoms with Crippen molar-refractivity contribution in [3.63, 3.8) is 0 Å². The molecule has 2 aromatic heterocycles. The van der Waals surface area contributed by atoms with Crippen molar-refractivity contribution < 1.29 is 48.4 Å². The second-order valence-corrected chi connectivity index (χ2v) is 19.9. The minimum atomic E-state index is -2.87. The second kappa shape index (κ2) is 21.8. The van der Waals surface area contributed by atoms with Gasteiger partial charge in [-0.25, -0.2) is 5.32 Å². The van der Waals surface area contributed by atoms with Gasteiger partial charge in [-0.2, -0.15) is 0 Å². The van der Waals surface area contributed by atoms with Crippen LogP contribution in [0.4, 0.5) is 0 Å². The number of methoxy groups -OCH3 is 2. The molecule has 0 radical (unpaired) electrons. The van der Waals surface area contributed by atoms with Crippen LogP contribution in [0.3, 0.4) is 0 Å². The Morgan fingerprint density at radius 1 is 0.657 bits per heavy atom. The monoisotopic (exact) mass is 943 g/mol. The Balaban J connectivity index is 0.000000136. The van der Waals surface area contributed by atoms with Crippen molar-refractivity contribution in [2.75, 3.05) is 27.3 Å². The van der Waals surface area contributed by atoms with Crippen molar-refractivity contribution in [3.05, 3.63) is 169 Å². The van der Waals surface area contributed by atoms with E-state index in [1.54, 1.807) is 87.3 Å². The van der Waals surface area contributed by atoms with Gasteiger partial charge in [-0.1, -0.05) is 83.0 Å². The van der Waals surface area contributed by atoms with E-state index in [4.69, 9.17) is 9.47 Å². The molecule has 4 saturated heterocycles. The predicted molar refractivity (Wildman–Crippen MR) is 256 cm³/mol. The number of ether oxygens (including phenoxy) is 2. The molecule has 4 aliphatic heterocycles. The fraction of sp³-hybridized carbons (Fsp3) is 0.346. The van der Waals surface area contributed by atoms with Crippen molar-refractivity contribution in [2.45, 2.75) is 73.6 Å². The number of hydrogen-bond donors (Lipinski definition) is 5. The lowest BCUT2D eigenvalue weighted by atomic mass is 9.90. The molecule has 15 heteroatoms. The summed E-state index contributed by atoms with van der Waals surface area (Å²) in [6.45, 7) is 10.3. The number of nitrogens with zero attached hydrogens (tertiary/aromatic N) is 2. The van der Waals surface area contributed by atoms with Crippen molar-refractivity contribution in [3.8, 4) is 11.5 Å². The summed E-state index contributed by atoms with van der Waals surface area (Å²) in [4.78, 5) is 34.7. The molecule has 0 aliphatic carbocycles. The van der Waals surface area contributed by atoms with Crippen LogP contribution in [-0.2, 0) is 9.13 Å². The number of piperidine rings is 2. The molecule has 67 heavy (non-hydrogen) atoms. The van der Waals surface area contributed by atoms with E-state index in [2.05, 4.69) is 40.6 Å². The molecule has 14 atom stereocenters. The maximum absolute atomic E-state index is 11.5. The maximum atomic E-state index is 11.5. The molecule has 8 unspecified atom stereocenters. The topological polar surface area (TPSA) is 186 Å². The summed E-state index contributed by atoms with van der Waals surface area (Å²) in [6.07, 6.45) is 11.4. The third-order valence-electron chi connectivity index (χ3n) is 14.4. The van der Waals surface area contributed by atoms with Gasteiger partial charge < -0.3 is 39.3 Å². The molecule has 348 valence electrons. The molecule has 10 rings (SSSR count). The molecular weight excluding hydrogens is 885 g/mol. The number of quaternary nitrogens is 2. The third-order valence-corrected chi connectivity index (χ3v) is 16.1. The van der Waals surface area contributed by atoms with Crippen LogP contribution in [0.15, 0.2) is 147 Å². The highest BCUT2D eigenvalue weighted by molar-refractivity contribution is 7.38. The van der Waals surface area contributed by atoms with E-state index < -0.39 is 39.8 Å². The first-order valence-electron chi connectivity index (χ1n) is 22.9. The standard InChI is InChI=1S/2C19H22N2O2.C14H13NO4P2/c2*1-3-17-12-7-9-21(17)18(10-12)19(22)14-6-8-20-16-5-4-13(23-2)11-15(14)16;16-20(17)13(11-7-3-1-4-8-11)15-14(21(18)19)12-9-5-2-6-10-12/h2*3-6,8,11-12,17-19,22H,1,7,9-10H2,2H3;1-10,13-15H/p+2/t2*12?,17?,18-,19+;13-,14-/m000/s1. The Labute approximate surface area is 393 Å². The number of rotatable bonds is 14. The summed E-state index contributed by atoms with van der Waals surface area (Å²) < 4.78 is 33.6. The summed E-state index contributed by atoms with van der Waals surface area (Å²) in [5.74, 6) is 0.820. The van der Waals surface area contributed by atoms with Gasteiger partial charge in [0.15, 0.2) is 0 Å². The molecule has 6 aromatic rings. The Morgan fingerprint density at radius 2 is 1.06 bits per heavy atom. The summed E-state index contributed by atoms with van der Waals surface area (Å²) in [6, 6.07) is 34.0. The van der Waals surface area contributed by atoms with Crippen LogP contribution in [-0.4, -0.2) is 71.7 Å². The highest BCUT2D eigenvalue weighted by Gasteiger charge is 2.53. The quantitative estimate of drug-likeness (QED) is 0.0715. The highest BCUT2D eigenvalue weighted by Crippen LogP contribution is 2.41. The van der Waals surface area contributed by atoms with Gasteiger partial charge in [0.25, 0.3) is 0 Å². The first-order chi connectivity index (χ1) is 32.5. The van der Waals surface area contributed by atoms with Gasteiger partial charge in [-0.3, -0.25) is 9.97 Å². The highest BCUT2D eigenvalue weighted by atomic mass is 31.1. The molecule has 4 aliphatic rings. The van der Waals surface area contributed by atoms with Crippen LogP contribution in [0.5, 0.6) is 11.5 Å². The lowest BCUT2D eigenvalue weighted by Crippen LogP contribution is -3.16. The molecule has 4 bridgehead atoms. The van der Waals surface area contributed by atoms with Gasteiger partial charge in [0.05, 0.1) is 38.3 Å². The van der Waals surface area contributed by atoms with E-state index >= 15 is 0 Å². The van der Waals surface area contributed by atoms with Crippen molar-refractivity contribution >= 4 is 37.9 Å². The van der Waals surface area contributed by atoms with Gasteiger partial charge in [0, 0.05) is 71.8 Å². The predicted octanol–water partition coefficient (Wildman–Crippen LogP) is 5.20. The van der Waals surface area contributed by atoms with E-state index in [0.29, 0.717) is 35.0 Å². The van der Waals surface area contributed by atoms with Crippen molar-refractivity contribution in [2.24, 2.45) is 11.8 Å². The molecule has 4 aromatic carbocycles. The first-order valence-corrected chi connectivity index (χ1v) is 25.3. The van der Waals surface area contributed by atoms with Crippen LogP contribution in [0.25, 0.3) is 21.8 Å². The Kier molecular flexibility index (Phi) is 15.6. The number of aliphatic hydroxyl groups excluding tert-OH is 2. The average Bonchev–Trinajstić information content (AvgIpc) is 4.15. The molecule has 4 fully saturated rings. The second-order valence-electron chi connectivity index (χ2n) is 17.8. The van der Waals surface area contributed by atoms with Crippen LogP contribution in [0, 0.1) is 11.8 Å². The lowest BCUT2D eigenvalue weighted by Gasteiger charge is -2.28. The van der Waals surface area contributed by atoms with E-state index in [0.717, 1.165) is 70.4 Å². The molecule has 6 heterocycles. The van der Waals surface area contributed by atoms with Gasteiger partial charge >= 0.3 is 16.1 Å². The fourth-order valence-corrected chi connectivity index (χ4v) is 12.7. The van der Waals surface area contributed by atoms with Crippen LogP contribution in [0.2, 0.25) is 0 Å². The summed E-state index contributed by atoms with van der Waals surface area (Å²) >= 11 is 0. The third kappa shape index (κ3) is 10.3. The summed E-state index contributed by atoms with van der Waals surface area (Å²) in [7, 11) is -2.41. The fourth-order valence-electron chi connectivity index (χ4n) is 11.2. The van der Waals surface area contributed by atoms with Crippen molar-refractivity contribution in [1.82, 2.24) is 15.3 Å². The lowest BCUT2D eigenvalue weighted by molar-refractivity contribution is -0.925. The van der Waals surface area contributed by atoms with Gasteiger partial charge in [-0.15, -0.1) is 0 Å². The minimum absolute atomic E-state index is 0.244. The van der Waals surface area contributed by atoms with E-state index in [1.807, 2.05) is 48.5 Å². The van der Waals surface area contributed by atoms with Crippen LogP contribution >= 0.6 is 16.1 Å². The SMILES string of the molecule is C=CC1C2CC[NH+]1[C@H]([C@H](O)c1ccnc3ccc(OC)cc13)C2.C=CC1C2CC[NH+]1[C@H]([C@H](O)c1ccnc3ccc(OC)cc13)C2.O=[P+]([O-])[C@H](N[C@H](c1ccccc1)[P+](=O)[O-])c1ccccc1. The maximum Gasteiger partial charge on any atom is 0.333 e. The zero-order valence-electron chi connectivity index (χ0n) is 37.8. The smallest absolute Gasteiger partial charge is 0.333 e. The van der Waals surface area contributed by atoms with E-state index in [-0.39, 0.29) is 12.1 Å². The number of aromatic nitrogens is 2. The molecule has 0 amide bonds. The number of hydrogen-bond acceptors (Lipinski definition) is 11. The minimum Gasteiger partial charge on any atom is -0.594 e. The Bertz CT molecular complexity index is 2520. The number of nitrogens with one attached hydrogen (secondary N) is 3. The average molecular weight is 944 g/mol. The number of benzene rings is 4. The summed E-state index contributed by atoms with van der Waals surface area (Å²) in [5.41, 5.74) is 4.73. The molecule has 5 N–H and O–H groups in total. The zero-order valence-corrected chi connectivity index (χ0v) is 39.6. The van der Waals surface area contributed by atoms with Crippen LogP contribution < -0.4 is 34.4 Å². The van der Waals surface area contributed by atoms with Gasteiger partial charge in [0.1, 0.15) is 47.9 Å². The zero-order chi connectivity index (χ0) is 47.2. The van der Waals surface area contributed by atoms with Crippen molar-refractivity contribution in [1.29, 1.82) is 0 Å². The largest absolute Gasteiger partial charge is 0.594 e. The molecule has 0 spiro atoms. The molecular formula is C52H59N5O8P2+2. The van der Waals surface area contributed by atoms with Crippen LogP contribution in [0.1, 0.15) is 71.7 Å². The number of pyridine rings is 2. The molecule has 0 saturated carbocycles. The Morgan fingerprint density at radius 3 is 1.40 bits per heavy atom. The van der Waals surface area contributed by atoms with Gasteiger partial charge in [0.2, 0.25) is 11.6 Å². The Hall–Kier alpha value is -5.30. The molecule has 13 nitrogen and oxygen atoms in total. The first kappa shape index (κ1) is 48.2. The number of fused-ring (bicyclic) bond motifs is 6. The summed E-state index contributed by atoms with van der Waals surface area (Å²) in [5, 5.41) is 26.8. The van der Waals surface area contributed by atoms with Gasteiger partial charge in [-0.05, 0) is 71.8 Å². The van der Waals surface area contributed by atoms with E-state index in [1.165, 1.54) is 22.6 Å². The normalized spacial score (nSPS) is 25.7. The number of aliphatic hydroxyl groups is 2.